The van der Waals surface area contributed by atoms with Gasteiger partial charge in [0.15, 0.2) is 0 Å². The van der Waals surface area contributed by atoms with Crippen LogP contribution < -0.4 is 19.3 Å². The summed E-state index contributed by atoms with van der Waals surface area (Å²) < 4.78 is 11.3. The molecule has 2 saturated heterocycles. The Balaban J connectivity index is 1.16. The van der Waals surface area contributed by atoms with Crippen molar-refractivity contribution in [3.63, 3.8) is 0 Å². The van der Waals surface area contributed by atoms with E-state index in [1.807, 2.05) is 19.1 Å². The summed E-state index contributed by atoms with van der Waals surface area (Å²) in [4.78, 5) is 54.7. The lowest BCUT2D eigenvalue weighted by Crippen LogP contribution is -2.32. The van der Waals surface area contributed by atoms with Crippen molar-refractivity contribution in [2.45, 2.75) is 19.8 Å². The van der Waals surface area contributed by atoms with Crippen LogP contribution >= 0.6 is 0 Å². The summed E-state index contributed by atoms with van der Waals surface area (Å²) in [6.45, 7) is 2.51. The molecule has 1 saturated carbocycles. The van der Waals surface area contributed by atoms with Gasteiger partial charge in [0.2, 0.25) is 17.7 Å². The zero-order valence-corrected chi connectivity index (χ0v) is 19.8. The highest BCUT2D eigenvalue weighted by molar-refractivity contribution is 6.22. The second-order valence-corrected chi connectivity index (χ2v) is 9.74. The number of esters is 1. The summed E-state index contributed by atoms with van der Waals surface area (Å²) in [7, 11) is 0. The van der Waals surface area contributed by atoms with E-state index >= 15 is 0 Å². The van der Waals surface area contributed by atoms with Gasteiger partial charge >= 0.3 is 5.97 Å². The van der Waals surface area contributed by atoms with Gasteiger partial charge in [-0.05, 0) is 49.4 Å². The second kappa shape index (κ2) is 8.62. The maximum atomic E-state index is 13.1. The standard InChI is InChI=1S/C28H26N2O6/c1-2-35-22-9-4-3-8-21(22)29-15-18(13-23(29)31)28(34)36-20-7-5-6-19(14-20)30-26(32)24-16-10-11-17(12-16)25(24)27(30)33/h3-11,14,16-18,24-25H,2,12-13,15H2,1H3/t16-,17-,18+,24-,25+/m0/s1. The number of anilines is 2. The maximum absolute atomic E-state index is 13.1. The van der Waals surface area contributed by atoms with Gasteiger partial charge in [-0.25, -0.2) is 4.90 Å². The zero-order chi connectivity index (χ0) is 25.0. The number of fused-ring (bicyclic) bond motifs is 5. The predicted octanol–water partition coefficient (Wildman–Crippen LogP) is 3.36. The molecule has 2 aliphatic carbocycles. The Morgan fingerprint density at radius 1 is 0.972 bits per heavy atom. The van der Waals surface area contributed by atoms with Crippen LogP contribution in [0.5, 0.6) is 11.5 Å². The lowest BCUT2D eigenvalue weighted by atomic mass is 9.85. The monoisotopic (exact) mass is 486 g/mol. The number of ether oxygens (including phenoxy) is 2. The lowest BCUT2D eigenvalue weighted by molar-refractivity contribution is -0.139. The molecule has 0 unspecified atom stereocenters. The Hall–Kier alpha value is -3.94. The third-order valence-electron chi connectivity index (χ3n) is 7.68. The number of imide groups is 1. The van der Waals surface area contributed by atoms with E-state index in [1.165, 1.54) is 4.90 Å². The SMILES string of the molecule is CCOc1ccccc1N1C[C@H](C(=O)Oc2cccc(N3C(=O)[C@@H]4[C@H](C3=O)[C@H]3C=C[C@H]4C3)c2)CC1=O. The Bertz CT molecular complexity index is 1270. The minimum Gasteiger partial charge on any atom is -0.492 e. The Morgan fingerprint density at radius 3 is 2.42 bits per heavy atom. The van der Waals surface area contributed by atoms with Crippen molar-refractivity contribution in [3.8, 4) is 11.5 Å². The van der Waals surface area contributed by atoms with Crippen molar-refractivity contribution in [3.05, 3.63) is 60.7 Å². The molecule has 0 N–H and O–H groups in total. The number of carbonyl (C=O) groups is 4. The number of benzene rings is 2. The van der Waals surface area contributed by atoms with Crippen LogP contribution in [0, 0.1) is 29.6 Å². The van der Waals surface area contributed by atoms with Crippen LogP contribution in [0.2, 0.25) is 0 Å². The molecule has 0 radical (unpaired) electrons. The van der Waals surface area contributed by atoms with Crippen molar-refractivity contribution < 1.29 is 28.7 Å². The summed E-state index contributed by atoms with van der Waals surface area (Å²) >= 11 is 0. The maximum Gasteiger partial charge on any atom is 0.316 e. The van der Waals surface area contributed by atoms with Gasteiger partial charge < -0.3 is 14.4 Å². The molecule has 36 heavy (non-hydrogen) atoms. The Labute approximate surface area is 208 Å². The van der Waals surface area contributed by atoms with E-state index in [2.05, 4.69) is 12.2 Å². The number of allylic oxidation sites excluding steroid dienone is 2. The highest BCUT2D eigenvalue weighted by Crippen LogP contribution is 2.53. The summed E-state index contributed by atoms with van der Waals surface area (Å²) in [6, 6.07) is 13.7. The summed E-state index contributed by atoms with van der Waals surface area (Å²) in [5.74, 6) is -1.26. The lowest BCUT2D eigenvalue weighted by Gasteiger charge is -2.20. The average molecular weight is 487 g/mol. The Kier molecular flexibility index (Phi) is 5.39. The molecule has 2 aromatic carbocycles. The van der Waals surface area contributed by atoms with E-state index in [0.717, 1.165) is 6.42 Å². The van der Waals surface area contributed by atoms with E-state index < -0.39 is 11.9 Å². The van der Waals surface area contributed by atoms with E-state index in [9.17, 15) is 19.2 Å². The molecule has 0 spiro atoms. The van der Waals surface area contributed by atoms with E-state index in [4.69, 9.17) is 9.47 Å². The fourth-order valence-corrected chi connectivity index (χ4v) is 6.10. The fourth-order valence-electron chi connectivity index (χ4n) is 6.10. The zero-order valence-electron chi connectivity index (χ0n) is 19.8. The molecule has 2 aromatic rings. The van der Waals surface area contributed by atoms with Gasteiger partial charge in [0.1, 0.15) is 11.5 Å². The van der Waals surface area contributed by atoms with Crippen molar-refractivity contribution in [2.24, 2.45) is 29.6 Å². The van der Waals surface area contributed by atoms with E-state index in [-0.39, 0.29) is 60.1 Å². The van der Waals surface area contributed by atoms with Gasteiger partial charge in [-0.3, -0.25) is 19.2 Å². The van der Waals surface area contributed by atoms with Crippen LogP contribution in [0.4, 0.5) is 11.4 Å². The number of nitrogens with zero attached hydrogens (tertiary/aromatic N) is 2. The van der Waals surface area contributed by atoms with Crippen LogP contribution in [-0.4, -0.2) is 36.8 Å². The Morgan fingerprint density at radius 2 is 1.69 bits per heavy atom. The summed E-state index contributed by atoms with van der Waals surface area (Å²) in [5.41, 5.74) is 1.03. The minimum atomic E-state index is -0.646. The molecule has 4 aliphatic rings. The smallest absolute Gasteiger partial charge is 0.316 e. The molecule has 2 aliphatic heterocycles. The van der Waals surface area contributed by atoms with Crippen LogP contribution in [-0.2, 0) is 19.2 Å². The summed E-state index contributed by atoms with van der Waals surface area (Å²) in [5, 5.41) is 0. The molecular weight excluding hydrogens is 460 g/mol. The van der Waals surface area contributed by atoms with Crippen LogP contribution in [0.3, 0.4) is 0 Å². The highest BCUT2D eigenvalue weighted by atomic mass is 16.5. The molecule has 2 heterocycles. The van der Waals surface area contributed by atoms with Crippen LogP contribution in [0.25, 0.3) is 0 Å². The number of hydrogen-bond donors (Lipinski definition) is 0. The quantitative estimate of drug-likeness (QED) is 0.269. The number of hydrogen-bond acceptors (Lipinski definition) is 6. The van der Waals surface area contributed by atoms with Crippen molar-refractivity contribution in [1.29, 1.82) is 0 Å². The molecule has 2 bridgehead atoms. The molecule has 8 nitrogen and oxygen atoms in total. The highest BCUT2D eigenvalue weighted by Gasteiger charge is 2.59. The normalized spacial score (nSPS) is 28.2. The molecule has 0 aromatic heterocycles. The summed E-state index contributed by atoms with van der Waals surface area (Å²) in [6.07, 6.45) is 5.00. The largest absolute Gasteiger partial charge is 0.492 e. The average Bonchev–Trinajstić information content (AvgIpc) is 3.63. The molecule has 6 rings (SSSR count). The molecular formula is C28H26N2O6. The molecule has 3 fully saturated rings. The minimum absolute atomic E-state index is 0.0290. The van der Waals surface area contributed by atoms with E-state index in [0.29, 0.717) is 23.7 Å². The van der Waals surface area contributed by atoms with Crippen molar-refractivity contribution in [2.75, 3.05) is 23.0 Å². The first-order valence-corrected chi connectivity index (χ1v) is 12.4. The second-order valence-electron chi connectivity index (χ2n) is 9.74. The van der Waals surface area contributed by atoms with Gasteiger partial charge in [0.25, 0.3) is 0 Å². The van der Waals surface area contributed by atoms with Crippen LogP contribution in [0.1, 0.15) is 19.8 Å². The van der Waals surface area contributed by atoms with Gasteiger partial charge in [0.05, 0.1) is 35.7 Å². The van der Waals surface area contributed by atoms with E-state index in [1.54, 1.807) is 41.3 Å². The molecule has 184 valence electrons. The first-order valence-electron chi connectivity index (χ1n) is 12.4. The molecule has 8 heteroatoms. The number of rotatable bonds is 6. The van der Waals surface area contributed by atoms with Crippen LogP contribution in [0.15, 0.2) is 60.7 Å². The molecule has 3 amide bonds. The van der Waals surface area contributed by atoms with Gasteiger partial charge in [-0.1, -0.05) is 30.4 Å². The van der Waals surface area contributed by atoms with Gasteiger partial charge in [0, 0.05) is 19.0 Å². The van der Waals surface area contributed by atoms with Crippen molar-refractivity contribution >= 4 is 35.1 Å². The predicted molar refractivity (Wildman–Crippen MR) is 130 cm³/mol. The number of amides is 3. The van der Waals surface area contributed by atoms with Crippen molar-refractivity contribution in [1.82, 2.24) is 0 Å². The topological polar surface area (TPSA) is 93.2 Å². The number of para-hydroxylation sites is 2. The third kappa shape index (κ3) is 3.51. The third-order valence-corrected chi connectivity index (χ3v) is 7.68. The first-order chi connectivity index (χ1) is 17.5. The fraction of sp³-hybridized carbons (Fsp3) is 0.357. The number of carbonyl (C=O) groups excluding carboxylic acids is 4. The van der Waals surface area contributed by atoms with Gasteiger partial charge in [-0.2, -0.15) is 0 Å². The first kappa shape index (κ1) is 22.5. The molecule has 5 atom stereocenters. The van der Waals surface area contributed by atoms with Gasteiger partial charge in [-0.15, -0.1) is 0 Å².